The van der Waals surface area contributed by atoms with Crippen LogP contribution >= 0.6 is 0 Å². The van der Waals surface area contributed by atoms with Crippen molar-refractivity contribution >= 4 is 10.0 Å². The van der Waals surface area contributed by atoms with Crippen molar-refractivity contribution < 1.29 is 8.42 Å². The number of benzene rings is 2. The molecular weight excluding hydrogens is 282 g/mol. The third-order valence-electron chi connectivity index (χ3n) is 4.02. The van der Waals surface area contributed by atoms with Gasteiger partial charge in [-0.3, -0.25) is 0 Å². The van der Waals surface area contributed by atoms with Crippen LogP contribution in [0.5, 0.6) is 0 Å². The van der Waals surface area contributed by atoms with Gasteiger partial charge in [0.05, 0.1) is 10.9 Å². The van der Waals surface area contributed by atoms with Crippen molar-refractivity contribution in [3.05, 3.63) is 65.7 Å². The second-order valence-corrected chi connectivity index (χ2v) is 7.39. The predicted octanol–water partition coefficient (Wildman–Crippen LogP) is 3.52. The summed E-state index contributed by atoms with van der Waals surface area (Å²) in [6.07, 6.45) is 1.79. The Kier molecular flexibility index (Phi) is 3.83. The van der Waals surface area contributed by atoms with E-state index in [-0.39, 0.29) is 6.04 Å². The molecular formula is C17H19NO2S. The maximum Gasteiger partial charge on any atom is 0.243 e. The van der Waals surface area contributed by atoms with Crippen LogP contribution in [0.1, 0.15) is 30.0 Å². The van der Waals surface area contributed by atoms with Gasteiger partial charge in [0.15, 0.2) is 0 Å². The standard InChI is InChI=1S/C17H19NO2S/c1-14-9-11-15(12-10-14)17-8-5-13-18(17)21(19,20)16-6-3-2-4-7-16/h2-4,6-7,9-12,17H,5,8,13H2,1H3/t17-/m1/s1. The van der Waals surface area contributed by atoms with Crippen molar-refractivity contribution in [2.75, 3.05) is 6.54 Å². The van der Waals surface area contributed by atoms with E-state index in [1.54, 1.807) is 28.6 Å². The quantitative estimate of drug-likeness (QED) is 0.870. The van der Waals surface area contributed by atoms with Crippen LogP contribution in [-0.2, 0) is 10.0 Å². The fraction of sp³-hybridized carbons (Fsp3) is 0.294. The molecule has 0 spiro atoms. The van der Waals surface area contributed by atoms with Gasteiger partial charge in [-0.25, -0.2) is 8.42 Å². The Morgan fingerprint density at radius 1 is 1.00 bits per heavy atom. The van der Waals surface area contributed by atoms with E-state index in [2.05, 4.69) is 0 Å². The average Bonchev–Trinajstić information content (AvgIpc) is 2.99. The maximum atomic E-state index is 12.8. The van der Waals surface area contributed by atoms with Gasteiger partial charge in [-0.1, -0.05) is 48.0 Å². The molecule has 21 heavy (non-hydrogen) atoms. The monoisotopic (exact) mass is 301 g/mol. The molecule has 0 saturated carbocycles. The Bertz CT molecular complexity index is 708. The van der Waals surface area contributed by atoms with E-state index in [4.69, 9.17) is 0 Å². The van der Waals surface area contributed by atoms with E-state index < -0.39 is 10.0 Å². The highest BCUT2D eigenvalue weighted by atomic mass is 32.2. The molecule has 1 aliphatic heterocycles. The van der Waals surface area contributed by atoms with Gasteiger partial charge in [-0.15, -0.1) is 0 Å². The van der Waals surface area contributed by atoms with E-state index in [0.29, 0.717) is 11.4 Å². The molecule has 0 radical (unpaired) electrons. The van der Waals surface area contributed by atoms with E-state index in [9.17, 15) is 8.42 Å². The van der Waals surface area contributed by atoms with Crippen LogP contribution in [0.25, 0.3) is 0 Å². The molecule has 0 amide bonds. The fourth-order valence-electron chi connectivity index (χ4n) is 2.88. The number of aryl methyl sites for hydroxylation is 1. The lowest BCUT2D eigenvalue weighted by atomic mass is 10.0. The summed E-state index contributed by atoms with van der Waals surface area (Å²) in [6, 6.07) is 16.8. The average molecular weight is 301 g/mol. The minimum Gasteiger partial charge on any atom is -0.207 e. The Morgan fingerprint density at radius 2 is 1.67 bits per heavy atom. The van der Waals surface area contributed by atoms with Gasteiger partial charge in [-0.05, 0) is 37.5 Å². The van der Waals surface area contributed by atoms with Crippen molar-refractivity contribution in [2.45, 2.75) is 30.7 Å². The van der Waals surface area contributed by atoms with Crippen LogP contribution in [0.15, 0.2) is 59.5 Å². The van der Waals surface area contributed by atoms with Gasteiger partial charge < -0.3 is 0 Å². The summed E-state index contributed by atoms with van der Waals surface area (Å²) < 4.78 is 27.3. The van der Waals surface area contributed by atoms with Crippen LogP contribution < -0.4 is 0 Å². The molecule has 0 bridgehead atoms. The molecule has 3 rings (SSSR count). The van der Waals surface area contributed by atoms with E-state index in [1.165, 1.54) is 5.56 Å². The lowest BCUT2D eigenvalue weighted by Crippen LogP contribution is -2.30. The number of nitrogens with zero attached hydrogens (tertiary/aromatic N) is 1. The summed E-state index contributed by atoms with van der Waals surface area (Å²) >= 11 is 0. The molecule has 0 unspecified atom stereocenters. The Morgan fingerprint density at radius 3 is 2.33 bits per heavy atom. The largest absolute Gasteiger partial charge is 0.243 e. The van der Waals surface area contributed by atoms with Crippen molar-refractivity contribution in [1.82, 2.24) is 4.31 Å². The second kappa shape index (κ2) is 5.62. The first-order valence-electron chi connectivity index (χ1n) is 7.22. The molecule has 4 heteroatoms. The van der Waals surface area contributed by atoms with Gasteiger partial charge in [0.25, 0.3) is 0 Å². The third-order valence-corrected chi connectivity index (χ3v) is 5.94. The Balaban J connectivity index is 1.96. The van der Waals surface area contributed by atoms with Gasteiger partial charge >= 0.3 is 0 Å². The molecule has 2 aromatic carbocycles. The first kappa shape index (κ1) is 14.3. The van der Waals surface area contributed by atoms with E-state index in [0.717, 1.165) is 18.4 Å². The minimum atomic E-state index is -3.41. The number of hydrogen-bond donors (Lipinski definition) is 0. The highest BCUT2D eigenvalue weighted by Gasteiger charge is 2.35. The highest BCUT2D eigenvalue weighted by Crippen LogP contribution is 2.36. The van der Waals surface area contributed by atoms with Crippen molar-refractivity contribution in [3.63, 3.8) is 0 Å². The van der Waals surface area contributed by atoms with Gasteiger partial charge in [0, 0.05) is 6.54 Å². The lowest BCUT2D eigenvalue weighted by Gasteiger charge is -2.24. The van der Waals surface area contributed by atoms with E-state index in [1.807, 2.05) is 37.3 Å². The van der Waals surface area contributed by atoms with Crippen LogP contribution in [0.3, 0.4) is 0 Å². The third kappa shape index (κ3) is 2.74. The second-order valence-electron chi connectivity index (χ2n) is 5.50. The van der Waals surface area contributed by atoms with Gasteiger partial charge in [-0.2, -0.15) is 4.31 Å². The predicted molar refractivity (Wildman–Crippen MR) is 83.5 cm³/mol. The molecule has 1 aliphatic rings. The van der Waals surface area contributed by atoms with Gasteiger partial charge in [0.2, 0.25) is 10.0 Å². The Labute approximate surface area is 126 Å². The fourth-order valence-corrected chi connectivity index (χ4v) is 4.58. The molecule has 2 aromatic rings. The highest BCUT2D eigenvalue weighted by molar-refractivity contribution is 7.89. The minimum absolute atomic E-state index is 0.0455. The first-order valence-corrected chi connectivity index (χ1v) is 8.66. The lowest BCUT2D eigenvalue weighted by molar-refractivity contribution is 0.396. The molecule has 1 saturated heterocycles. The SMILES string of the molecule is Cc1ccc([C@H]2CCCN2S(=O)(=O)c2ccccc2)cc1. The van der Waals surface area contributed by atoms with Crippen molar-refractivity contribution in [3.8, 4) is 0 Å². The normalized spacial score (nSPS) is 19.8. The molecule has 0 aromatic heterocycles. The van der Waals surface area contributed by atoms with Crippen LogP contribution in [-0.4, -0.2) is 19.3 Å². The molecule has 1 atom stereocenters. The van der Waals surface area contributed by atoms with E-state index >= 15 is 0 Å². The summed E-state index contributed by atoms with van der Waals surface area (Å²) in [7, 11) is -3.41. The maximum absolute atomic E-state index is 12.8. The zero-order valence-electron chi connectivity index (χ0n) is 12.1. The summed E-state index contributed by atoms with van der Waals surface area (Å²) in [5, 5.41) is 0. The van der Waals surface area contributed by atoms with Crippen molar-refractivity contribution in [2.24, 2.45) is 0 Å². The van der Waals surface area contributed by atoms with Crippen LogP contribution in [0.4, 0.5) is 0 Å². The number of hydrogen-bond acceptors (Lipinski definition) is 2. The topological polar surface area (TPSA) is 37.4 Å². The zero-order chi connectivity index (χ0) is 14.9. The molecule has 0 N–H and O–H groups in total. The molecule has 1 heterocycles. The molecule has 3 nitrogen and oxygen atoms in total. The molecule has 1 fully saturated rings. The van der Waals surface area contributed by atoms with Crippen LogP contribution in [0.2, 0.25) is 0 Å². The molecule has 110 valence electrons. The first-order chi connectivity index (χ1) is 10.1. The smallest absolute Gasteiger partial charge is 0.207 e. The number of rotatable bonds is 3. The molecule has 0 aliphatic carbocycles. The van der Waals surface area contributed by atoms with Gasteiger partial charge in [0.1, 0.15) is 0 Å². The summed E-state index contributed by atoms with van der Waals surface area (Å²) in [5.41, 5.74) is 2.27. The Hall–Kier alpha value is -1.65. The zero-order valence-corrected chi connectivity index (χ0v) is 12.9. The van der Waals surface area contributed by atoms with Crippen LogP contribution in [0, 0.1) is 6.92 Å². The number of sulfonamides is 1. The van der Waals surface area contributed by atoms with Crippen molar-refractivity contribution in [1.29, 1.82) is 0 Å². The summed E-state index contributed by atoms with van der Waals surface area (Å²) in [4.78, 5) is 0.379. The summed E-state index contributed by atoms with van der Waals surface area (Å²) in [5.74, 6) is 0. The summed E-state index contributed by atoms with van der Waals surface area (Å²) in [6.45, 7) is 2.63.